The highest BCUT2D eigenvalue weighted by molar-refractivity contribution is 6.40. The number of para-hydroxylation sites is 9. The van der Waals surface area contributed by atoms with Crippen LogP contribution in [-0.2, 0) is 0 Å². The molecule has 0 atom stereocenters. The van der Waals surface area contributed by atoms with Gasteiger partial charge in [-0.25, -0.2) is 15.0 Å². The van der Waals surface area contributed by atoms with E-state index in [1.807, 2.05) is 73.4 Å². The maximum Gasteiger partial charge on any atom is 0.235 e. The first kappa shape index (κ1) is 78.7. The van der Waals surface area contributed by atoms with Crippen molar-refractivity contribution >= 4 is 267 Å². The van der Waals surface area contributed by atoms with Crippen molar-refractivity contribution in [2.24, 2.45) is 0 Å². The Labute approximate surface area is 828 Å². The van der Waals surface area contributed by atoms with Crippen molar-refractivity contribution in [3.63, 3.8) is 0 Å². The Morgan fingerprint density at radius 3 is 1.00 bits per heavy atom. The quantitative estimate of drug-likeness (QED) is 0.163. The number of pyridine rings is 3. The Balaban J connectivity index is 0.0000000958. The summed E-state index contributed by atoms with van der Waals surface area (Å²) in [5, 5.41) is 45.4. The molecular weight excluding hydrogens is 1780 g/mol. The molecule has 0 saturated heterocycles. The predicted octanol–water partition coefficient (Wildman–Crippen LogP) is 33.1. The van der Waals surface area contributed by atoms with E-state index in [1.165, 1.54) is 212 Å². The van der Waals surface area contributed by atoms with Crippen LogP contribution in [0.4, 0.5) is 0 Å². The summed E-state index contributed by atoms with van der Waals surface area (Å²) in [4.78, 5) is 24.8. The molecule has 0 amide bonds. The van der Waals surface area contributed by atoms with E-state index in [0.29, 0.717) is 11.5 Å². The van der Waals surface area contributed by atoms with Gasteiger partial charge in [0.1, 0.15) is 5.82 Å². The Kier molecular flexibility index (Phi) is 15.9. The number of fused-ring (bicyclic) bond motifs is 40. The maximum absolute atomic E-state index is 9.73. The molecule has 0 aliphatic rings. The van der Waals surface area contributed by atoms with E-state index in [2.05, 4.69) is 428 Å². The molecule has 672 valence electrons. The van der Waals surface area contributed by atoms with E-state index >= 15 is 0 Å². The van der Waals surface area contributed by atoms with Gasteiger partial charge in [-0.3, -0.25) is 19.1 Å². The van der Waals surface area contributed by atoms with Crippen LogP contribution in [0.2, 0.25) is 0 Å². The van der Waals surface area contributed by atoms with Gasteiger partial charge in [-0.15, -0.1) is 0 Å². The van der Waals surface area contributed by atoms with Gasteiger partial charge in [0.05, 0.1) is 152 Å². The maximum atomic E-state index is 9.73. The van der Waals surface area contributed by atoms with Crippen molar-refractivity contribution in [3.8, 4) is 46.2 Å². The zero-order chi connectivity index (χ0) is 95.1. The van der Waals surface area contributed by atoms with Crippen LogP contribution < -0.4 is 0 Å². The molecule has 146 heavy (non-hydrogen) atoms. The molecule has 35 aromatic rings. The SMILES string of the molecule is N#Cc1cccc(-c2nc(-n3c4cc5ccccc5cc4c4c5c6ccccc6n6c7ccccc7c(cc43)c56)nc3ccccc23)c1.c1cc(-n2c3ccccc3c3ccncc32)cc(-n2c3cc4ccccc4cc3c3c4c5ccccc5n5c6ccccc6c(cc32)c45)c1.c1ccc2cc3c(cc2c1)c1c2c4ccccc4n4c5ccccc5c(cc1n3-c1ccc(-n3c5ccccc5c5ccncc53)cn1)c24. The third kappa shape index (κ3) is 10.7. The first-order valence-corrected chi connectivity index (χ1v) is 49.5. The summed E-state index contributed by atoms with van der Waals surface area (Å²) < 4.78 is 19.1. The minimum absolute atomic E-state index is 0.598. The number of hydrogen-bond acceptors (Lipinski definition) is 6. The second-order valence-corrected chi connectivity index (χ2v) is 38.9. The van der Waals surface area contributed by atoms with E-state index in [1.54, 1.807) is 0 Å². The van der Waals surface area contributed by atoms with Crippen LogP contribution in [0.5, 0.6) is 0 Å². The molecular formula is C132H74N14. The van der Waals surface area contributed by atoms with Gasteiger partial charge in [0.15, 0.2) is 0 Å². The number of nitriles is 1. The van der Waals surface area contributed by atoms with Gasteiger partial charge in [0.2, 0.25) is 5.95 Å². The molecule has 0 N–H and O–H groups in total. The number of aromatic nitrogens is 13. The molecule has 14 nitrogen and oxygen atoms in total. The lowest BCUT2D eigenvalue weighted by molar-refractivity contribution is 1.01. The van der Waals surface area contributed by atoms with Gasteiger partial charge in [-0.1, -0.05) is 255 Å². The van der Waals surface area contributed by atoms with E-state index < -0.39 is 0 Å². The second kappa shape index (κ2) is 29.5. The number of benzene rings is 20. The summed E-state index contributed by atoms with van der Waals surface area (Å²) >= 11 is 0. The lowest BCUT2D eigenvalue weighted by Gasteiger charge is -2.13. The second-order valence-electron chi connectivity index (χ2n) is 38.9. The number of rotatable bonds is 6. The van der Waals surface area contributed by atoms with Crippen LogP contribution in [0.15, 0.2) is 450 Å². The summed E-state index contributed by atoms with van der Waals surface area (Å²) in [6.45, 7) is 0. The van der Waals surface area contributed by atoms with E-state index in [9.17, 15) is 5.26 Å². The molecule has 0 aliphatic carbocycles. The van der Waals surface area contributed by atoms with Crippen LogP contribution in [0.3, 0.4) is 0 Å². The molecule has 14 heteroatoms. The van der Waals surface area contributed by atoms with Crippen LogP contribution in [-0.4, -0.2) is 61.0 Å². The fourth-order valence-corrected chi connectivity index (χ4v) is 25.6. The van der Waals surface area contributed by atoms with Crippen LogP contribution in [0.1, 0.15) is 5.56 Å². The molecule has 0 unspecified atom stereocenters. The largest absolute Gasteiger partial charge is 0.309 e. The first-order valence-electron chi connectivity index (χ1n) is 49.5. The highest BCUT2D eigenvalue weighted by Crippen LogP contribution is 2.53. The predicted molar refractivity (Wildman–Crippen MR) is 604 cm³/mol. The average Bonchev–Trinajstić information content (AvgIpc) is 1.52. The zero-order valence-electron chi connectivity index (χ0n) is 78.0. The Bertz CT molecular complexity index is 11900. The minimum Gasteiger partial charge on any atom is -0.309 e. The van der Waals surface area contributed by atoms with Gasteiger partial charge in [0, 0.05) is 153 Å². The average molecular weight is 1860 g/mol. The Hall–Kier alpha value is -20.1. The van der Waals surface area contributed by atoms with Gasteiger partial charge < -0.3 is 26.9 Å². The van der Waals surface area contributed by atoms with Gasteiger partial charge in [-0.05, 0) is 196 Å². The summed E-state index contributed by atoms with van der Waals surface area (Å²) in [7, 11) is 0. The van der Waals surface area contributed by atoms with Crippen molar-refractivity contribution < 1.29 is 0 Å². The molecule has 35 rings (SSSR count). The van der Waals surface area contributed by atoms with Gasteiger partial charge in [-0.2, -0.15) is 5.26 Å². The molecule has 0 saturated carbocycles. The van der Waals surface area contributed by atoms with Crippen LogP contribution in [0.25, 0.3) is 307 Å². The monoisotopic (exact) mass is 1850 g/mol. The number of nitrogens with zero attached hydrogens (tertiary/aromatic N) is 14. The Morgan fingerprint density at radius 2 is 0.555 bits per heavy atom. The van der Waals surface area contributed by atoms with Crippen LogP contribution in [0, 0.1) is 11.3 Å². The van der Waals surface area contributed by atoms with Gasteiger partial charge in [0.25, 0.3) is 0 Å². The highest BCUT2D eigenvalue weighted by Gasteiger charge is 2.32. The molecule has 20 aromatic carbocycles. The molecule has 15 heterocycles. The third-order valence-corrected chi connectivity index (χ3v) is 31.5. The van der Waals surface area contributed by atoms with Gasteiger partial charge >= 0.3 is 0 Å². The van der Waals surface area contributed by atoms with Crippen LogP contribution >= 0.6 is 0 Å². The Morgan fingerprint density at radius 1 is 0.205 bits per heavy atom. The lowest BCUT2D eigenvalue weighted by atomic mass is 10.0. The van der Waals surface area contributed by atoms with Crippen molar-refractivity contribution in [2.45, 2.75) is 0 Å². The summed E-state index contributed by atoms with van der Waals surface area (Å²) in [6.07, 6.45) is 9.69. The molecule has 0 fully saturated rings. The normalized spacial score (nSPS) is 12.4. The fraction of sp³-hybridized carbons (Fsp3) is 0. The molecule has 0 bridgehead atoms. The number of hydrogen-bond donors (Lipinski definition) is 0. The first-order chi connectivity index (χ1) is 72.4. The van der Waals surface area contributed by atoms with E-state index in [4.69, 9.17) is 15.0 Å². The lowest BCUT2D eigenvalue weighted by Crippen LogP contribution is -2.03. The highest BCUT2D eigenvalue weighted by atomic mass is 15.2. The van der Waals surface area contributed by atoms with E-state index in [0.717, 1.165) is 89.0 Å². The van der Waals surface area contributed by atoms with Crippen molar-refractivity contribution in [2.75, 3.05) is 0 Å². The topological polar surface area (TPSA) is 126 Å². The standard InChI is InChI=1S/C45H26N4.C44H25N5.C43H23N5/c1-2-11-28-23-40-36(22-27(28)10-1)43-41(25-35-32-15-4-7-18-38(32)49-39-19-8-5-16-34(39)44(43)45(35)49)48(40)30-13-9-12-29(24-30)47-37-17-6-3-14-31(37)33-20-21-46-26-42(33)47;1-2-10-27-22-38-34(21-26(27)9-1)42-39(23-33-30-12-4-7-15-36(30)49-37-16-8-5-13-32(37)43(42)44(33)49)48(38)41-18-17-28(24-46-41)47-35-14-6-3-11-29(35)31-19-20-45-25-40(31)47;44-24-25-10-9-13-28(20-25)41-30-15-3-6-17-34(30)45-43(46-41)48-37-22-27-12-2-1-11-26(27)21-33(37)39-38(48)23-32-29-14-4-7-18-35(29)47-36-19-8-5-16-31(36)40(39)42(32)47/h1-26H;1-25H;1-23H. The fourth-order valence-electron chi connectivity index (χ4n) is 25.6. The smallest absolute Gasteiger partial charge is 0.235 e. The third-order valence-electron chi connectivity index (χ3n) is 31.5. The minimum atomic E-state index is 0.598. The molecule has 0 spiro atoms. The van der Waals surface area contributed by atoms with Crippen molar-refractivity contribution in [1.82, 2.24) is 61.0 Å². The van der Waals surface area contributed by atoms with E-state index in [-0.39, 0.29) is 0 Å². The summed E-state index contributed by atoms with van der Waals surface area (Å²) in [6, 6.07) is 153. The van der Waals surface area contributed by atoms with Crippen molar-refractivity contribution in [3.05, 3.63) is 455 Å². The molecule has 0 aliphatic heterocycles. The molecule has 15 aromatic heterocycles. The molecule has 0 radical (unpaired) electrons. The zero-order valence-corrected chi connectivity index (χ0v) is 78.0. The van der Waals surface area contributed by atoms with Crippen molar-refractivity contribution in [1.29, 1.82) is 5.26 Å². The summed E-state index contributed by atoms with van der Waals surface area (Å²) in [5.41, 5.74) is 28.9. The summed E-state index contributed by atoms with van der Waals surface area (Å²) in [5.74, 6) is 1.49.